The van der Waals surface area contributed by atoms with Gasteiger partial charge in [-0.1, -0.05) is 37.6 Å². The summed E-state index contributed by atoms with van der Waals surface area (Å²) in [5.41, 5.74) is 7.89. The fraction of sp³-hybridized carbons (Fsp3) is 0.278. The molecule has 0 saturated heterocycles. The Morgan fingerprint density at radius 1 is 1.08 bits per heavy atom. The van der Waals surface area contributed by atoms with Gasteiger partial charge in [-0.3, -0.25) is 4.79 Å². The number of carbonyl (C=O) groups excluding carboxylic acids is 1. The molecular formula is C18H19F3N2O2. The molecule has 134 valence electrons. The number of benzene rings is 2. The molecule has 7 heteroatoms. The van der Waals surface area contributed by atoms with Crippen molar-refractivity contribution in [2.24, 2.45) is 5.73 Å². The zero-order valence-electron chi connectivity index (χ0n) is 13.6. The highest BCUT2D eigenvalue weighted by Gasteiger charge is 2.30. The first kappa shape index (κ1) is 18.8. The van der Waals surface area contributed by atoms with E-state index in [0.29, 0.717) is 12.1 Å². The summed E-state index contributed by atoms with van der Waals surface area (Å²) in [7, 11) is 0. The largest absolute Gasteiger partial charge is 0.573 e. The Kier molecular flexibility index (Phi) is 6.03. The summed E-state index contributed by atoms with van der Waals surface area (Å²) in [4.78, 5) is 11.9. The van der Waals surface area contributed by atoms with Gasteiger partial charge in [0.1, 0.15) is 5.75 Å². The summed E-state index contributed by atoms with van der Waals surface area (Å²) in [6.45, 7) is 1.95. The second kappa shape index (κ2) is 8.02. The van der Waals surface area contributed by atoms with Crippen LogP contribution in [0.3, 0.4) is 0 Å². The molecule has 2 rings (SSSR count). The summed E-state index contributed by atoms with van der Waals surface area (Å²) < 4.78 is 40.3. The van der Waals surface area contributed by atoms with E-state index < -0.39 is 12.4 Å². The van der Waals surface area contributed by atoms with Crippen LogP contribution in [-0.2, 0) is 4.79 Å². The van der Waals surface area contributed by atoms with Crippen LogP contribution < -0.4 is 15.8 Å². The second-order valence-corrected chi connectivity index (χ2v) is 5.53. The minimum Gasteiger partial charge on any atom is -0.406 e. The van der Waals surface area contributed by atoms with Crippen LogP contribution in [0.4, 0.5) is 18.9 Å². The van der Waals surface area contributed by atoms with Crippen LogP contribution in [0.25, 0.3) is 11.1 Å². The van der Waals surface area contributed by atoms with Crippen LogP contribution in [-0.4, -0.2) is 18.3 Å². The zero-order chi connectivity index (χ0) is 18.4. The molecule has 0 aromatic heterocycles. The molecule has 0 radical (unpaired) electrons. The first-order valence-corrected chi connectivity index (χ1v) is 7.81. The van der Waals surface area contributed by atoms with E-state index in [1.54, 1.807) is 24.3 Å². The number of hydrogen-bond donors (Lipinski definition) is 2. The van der Waals surface area contributed by atoms with Gasteiger partial charge in [0.15, 0.2) is 0 Å². The Morgan fingerprint density at radius 3 is 2.08 bits per heavy atom. The van der Waals surface area contributed by atoms with Crippen molar-refractivity contribution in [3.63, 3.8) is 0 Å². The average Bonchev–Trinajstić information content (AvgIpc) is 2.55. The standard InChI is InChI=1S/C18H19F3N2O2/c1-2-3-16(22)17(24)23-14-8-4-12(5-9-14)13-6-10-15(11-7-13)25-18(19,20)21/h4-11,16H,2-3,22H2,1H3,(H,23,24)/t16-/m0/s1. The van der Waals surface area contributed by atoms with E-state index in [4.69, 9.17) is 5.73 Å². The SMILES string of the molecule is CCC[C@H](N)C(=O)Nc1ccc(-c2ccc(OC(F)(F)F)cc2)cc1. The van der Waals surface area contributed by atoms with Crippen molar-refractivity contribution in [3.8, 4) is 16.9 Å². The maximum atomic E-state index is 12.2. The molecule has 25 heavy (non-hydrogen) atoms. The van der Waals surface area contributed by atoms with E-state index in [-0.39, 0.29) is 11.7 Å². The maximum absolute atomic E-state index is 12.2. The maximum Gasteiger partial charge on any atom is 0.573 e. The van der Waals surface area contributed by atoms with E-state index in [1.165, 1.54) is 24.3 Å². The van der Waals surface area contributed by atoms with E-state index >= 15 is 0 Å². The Balaban J connectivity index is 2.03. The van der Waals surface area contributed by atoms with Gasteiger partial charge < -0.3 is 15.8 Å². The van der Waals surface area contributed by atoms with Gasteiger partial charge in [0.2, 0.25) is 5.91 Å². The lowest BCUT2D eigenvalue weighted by molar-refractivity contribution is -0.274. The second-order valence-electron chi connectivity index (χ2n) is 5.53. The number of nitrogens with one attached hydrogen (secondary N) is 1. The number of rotatable bonds is 6. The molecule has 0 bridgehead atoms. The molecule has 2 aromatic carbocycles. The van der Waals surface area contributed by atoms with E-state index in [1.807, 2.05) is 6.92 Å². The predicted octanol–water partition coefficient (Wildman–Crippen LogP) is 4.32. The summed E-state index contributed by atoms with van der Waals surface area (Å²) in [6, 6.07) is 12.0. The van der Waals surface area contributed by atoms with E-state index in [9.17, 15) is 18.0 Å². The van der Waals surface area contributed by atoms with Crippen molar-refractivity contribution < 1.29 is 22.7 Å². The molecule has 1 amide bonds. The number of hydrogen-bond acceptors (Lipinski definition) is 3. The van der Waals surface area contributed by atoms with Crippen molar-refractivity contribution in [1.82, 2.24) is 0 Å². The third-order valence-corrected chi connectivity index (χ3v) is 3.51. The molecule has 4 nitrogen and oxygen atoms in total. The van der Waals surface area contributed by atoms with Gasteiger partial charge in [0.05, 0.1) is 6.04 Å². The van der Waals surface area contributed by atoms with Crippen molar-refractivity contribution in [2.45, 2.75) is 32.2 Å². The molecule has 0 aliphatic heterocycles. The van der Waals surface area contributed by atoms with Gasteiger partial charge >= 0.3 is 6.36 Å². The van der Waals surface area contributed by atoms with Gasteiger partial charge in [0, 0.05) is 5.69 Å². The van der Waals surface area contributed by atoms with Gasteiger partial charge in [0.25, 0.3) is 0 Å². The van der Waals surface area contributed by atoms with Crippen LogP contribution in [0.2, 0.25) is 0 Å². The minimum absolute atomic E-state index is 0.247. The van der Waals surface area contributed by atoms with Crippen molar-refractivity contribution in [1.29, 1.82) is 0 Å². The molecule has 0 unspecified atom stereocenters. The highest BCUT2D eigenvalue weighted by atomic mass is 19.4. The molecule has 2 aromatic rings. The van der Waals surface area contributed by atoms with E-state index in [0.717, 1.165) is 17.5 Å². The van der Waals surface area contributed by atoms with Crippen LogP contribution in [0, 0.1) is 0 Å². The third-order valence-electron chi connectivity index (χ3n) is 3.51. The molecule has 1 atom stereocenters. The highest BCUT2D eigenvalue weighted by molar-refractivity contribution is 5.94. The number of halogens is 3. The number of amides is 1. The normalized spacial score (nSPS) is 12.5. The Morgan fingerprint density at radius 2 is 1.60 bits per heavy atom. The van der Waals surface area contributed by atoms with Crippen molar-refractivity contribution in [3.05, 3.63) is 48.5 Å². The summed E-state index contributed by atoms with van der Waals surface area (Å²) in [5, 5.41) is 2.73. The number of anilines is 1. The summed E-state index contributed by atoms with van der Waals surface area (Å²) in [6.07, 6.45) is -3.28. The van der Waals surface area contributed by atoms with Crippen molar-refractivity contribution in [2.75, 3.05) is 5.32 Å². The van der Waals surface area contributed by atoms with E-state index in [2.05, 4.69) is 10.1 Å². The van der Waals surface area contributed by atoms with Crippen LogP contribution >= 0.6 is 0 Å². The monoisotopic (exact) mass is 352 g/mol. The highest BCUT2D eigenvalue weighted by Crippen LogP contribution is 2.27. The molecule has 0 aliphatic rings. The van der Waals surface area contributed by atoms with Crippen LogP contribution in [0.15, 0.2) is 48.5 Å². The third kappa shape index (κ3) is 5.79. The van der Waals surface area contributed by atoms with Gasteiger partial charge in [-0.15, -0.1) is 13.2 Å². The Bertz CT molecular complexity index is 698. The predicted molar refractivity (Wildman–Crippen MR) is 90.1 cm³/mol. The Labute approximate surface area is 143 Å². The molecule has 0 saturated carbocycles. The number of carbonyl (C=O) groups is 1. The van der Waals surface area contributed by atoms with Crippen LogP contribution in [0.5, 0.6) is 5.75 Å². The lowest BCUT2D eigenvalue weighted by atomic mass is 10.1. The fourth-order valence-corrected chi connectivity index (χ4v) is 2.27. The fourth-order valence-electron chi connectivity index (χ4n) is 2.27. The molecular weight excluding hydrogens is 333 g/mol. The lowest BCUT2D eigenvalue weighted by Gasteiger charge is -2.12. The first-order chi connectivity index (χ1) is 11.8. The molecule has 0 aliphatic carbocycles. The summed E-state index contributed by atoms with van der Waals surface area (Å²) >= 11 is 0. The minimum atomic E-state index is -4.71. The van der Waals surface area contributed by atoms with Gasteiger partial charge in [-0.05, 0) is 41.8 Å². The van der Waals surface area contributed by atoms with Gasteiger partial charge in [-0.25, -0.2) is 0 Å². The number of nitrogens with two attached hydrogens (primary N) is 1. The number of ether oxygens (including phenoxy) is 1. The lowest BCUT2D eigenvalue weighted by Crippen LogP contribution is -2.35. The zero-order valence-corrected chi connectivity index (χ0v) is 13.6. The molecule has 0 spiro atoms. The average molecular weight is 352 g/mol. The number of alkyl halides is 3. The molecule has 0 heterocycles. The quantitative estimate of drug-likeness (QED) is 0.814. The van der Waals surface area contributed by atoms with Crippen molar-refractivity contribution >= 4 is 11.6 Å². The molecule has 3 N–H and O–H groups in total. The first-order valence-electron chi connectivity index (χ1n) is 7.81. The van der Waals surface area contributed by atoms with Crippen LogP contribution in [0.1, 0.15) is 19.8 Å². The summed E-state index contributed by atoms with van der Waals surface area (Å²) in [5.74, 6) is -0.520. The molecule has 0 fully saturated rings. The van der Waals surface area contributed by atoms with Gasteiger partial charge in [-0.2, -0.15) is 0 Å². The Hall–Kier alpha value is -2.54. The smallest absolute Gasteiger partial charge is 0.406 e. The topological polar surface area (TPSA) is 64.4 Å².